The molecule has 2 aromatic heterocycles. The molecule has 1 atom stereocenters. The second kappa shape index (κ2) is 8.68. The minimum atomic E-state index is -1.64. The van der Waals surface area contributed by atoms with Crippen LogP contribution in [-0.4, -0.2) is 55.0 Å². The number of aliphatic carboxylic acids is 1. The number of hydrogen-bond donors (Lipinski definition) is 4. The second-order valence-electron chi connectivity index (χ2n) is 8.58. The topological polar surface area (TPSA) is 188 Å². The van der Waals surface area contributed by atoms with Crippen molar-refractivity contribution in [2.75, 3.05) is 5.32 Å². The van der Waals surface area contributed by atoms with Crippen molar-refractivity contribution >= 4 is 40.2 Å². The zero-order chi connectivity index (χ0) is 23.8. The number of hydrogen-bond acceptors (Lipinski definition) is 8. The maximum Gasteiger partial charge on any atom is 0.306 e. The highest BCUT2D eigenvalue weighted by molar-refractivity contribution is 6.13. The van der Waals surface area contributed by atoms with Gasteiger partial charge in [-0.05, 0) is 32.6 Å². The molecule has 2 aliphatic rings. The number of carbonyl (C=O) groups excluding carboxylic acids is 2. The van der Waals surface area contributed by atoms with Gasteiger partial charge in [0.1, 0.15) is 0 Å². The van der Waals surface area contributed by atoms with Gasteiger partial charge in [0.2, 0.25) is 11.5 Å². The lowest BCUT2D eigenvalue weighted by molar-refractivity contribution is -0.145. The van der Waals surface area contributed by atoms with Gasteiger partial charge >= 0.3 is 5.97 Å². The summed E-state index contributed by atoms with van der Waals surface area (Å²) in [4.78, 5) is 44.9. The van der Waals surface area contributed by atoms with Crippen LogP contribution >= 0.6 is 0 Å². The summed E-state index contributed by atoms with van der Waals surface area (Å²) >= 11 is 0. The fourth-order valence-corrected chi connectivity index (χ4v) is 4.54. The predicted molar refractivity (Wildman–Crippen MR) is 118 cm³/mol. The Hall–Kier alpha value is -3.70. The van der Waals surface area contributed by atoms with Crippen molar-refractivity contribution in [3.05, 3.63) is 18.0 Å². The predicted octanol–water partition coefficient (Wildman–Crippen LogP) is 0.730. The normalized spacial score (nSPS) is 24.8. The van der Waals surface area contributed by atoms with Gasteiger partial charge in [-0.2, -0.15) is 5.10 Å². The summed E-state index contributed by atoms with van der Waals surface area (Å²) in [5.41, 5.74) is 11.6. The van der Waals surface area contributed by atoms with Gasteiger partial charge in [0, 0.05) is 30.8 Å². The van der Waals surface area contributed by atoms with Gasteiger partial charge in [-0.3, -0.25) is 14.4 Å². The van der Waals surface area contributed by atoms with Gasteiger partial charge < -0.3 is 26.7 Å². The van der Waals surface area contributed by atoms with E-state index in [1.54, 1.807) is 17.1 Å². The van der Waals surface area contributed by atoms with Crippen LogP contribution in [-0.2, 0) is 25.8 Å². The molecule has 4 rings (SSSR count). The smallest absolute Gasteiger partial charge is 0.306 e. The lowest BCUT2D eigenvalue weighted by atomic mass is 9.85. The molecule has 2 aromatic rings. The first-order chi connectivity index (χ1) is 15.7. The molecule has 12 nitrogen and oxygen atoms in total. The zero-order valence-corrected chi connectivity index (χ0v) is 18.3. The number of amides is 2. The van der Waals surface area contributed by atoms with E-state index in [1.807, 2.05) is 6.92 Å². The summed E-state index contributed by atoms with van der Waals surface area (Å²) in [7, 11) is 0. The number of carbonyl (C=O) groups is 3. The average Bonchev–Trinajstić information content (AvgIpc) is 3.39. The number of aryl methyl sites for hydroxylation is 1. The molecule has 6 N–H and O–H groups in total. The van der Waals surface area contributed by atoms with Gasteiger partial charge in [0.15, 0.2) is 5.65 Å². The summed E-state index contributed by atoms with van der Waals surface area (Å²) in [6.45, 7) is 2.59. The Kier molecular flexibility index (Phi) is 5.91. The van der Waals surface area contributed by atoms with Crippen LogP contribution in [0.4, 0.5) is 5.69 Å². The minimum absolute atomic E-state index is 0.0270. The van der Waals surface area contributed by atoms with Crippen LogP contribution in [0.1, 0.15) is 51.0 Å². The van der Waals surface area contributed by atoms with Crippen LogP contribution in [0.5, 0.6) is 0 Å². The summed E-state index contributed by atoms with van der Waals surface area (Å²) in [5, 5.41) is 22.1. The van der Waals surface area contributed by atoms with Crippen molar-refractivity contribution in [2.45, 2.75) is 63.6 Å². The van der Waals surface area contributed by atoms with E-state index in [2.05, 4.69) is 20.6 Å². The molecule has 1 saturated carbocycles. The number of nitrogens with two attached hydrogens (primary N) is 2. The molecular formula is C21H27N7O5. The first-order valence-electron chi connectivity index (χ1n) is 10.9. The van der Waals surface area contributed by atoms with E-state index >= 15 is 0 Å². The van der Waals surface area contributed by atoms with Crippen molar-refractivity contribution in [3.63, 3.8) is 0 Å². The molecule has 0 radical (unpaired) electrons. The molecule has 0 spiro atoms. The van der Waals surface area contributed by atoms with Crippen molar-refractivity contribution < 1.29 is 24.3 Å². The number of oxime groups is 1. The number of fused-ring (bicyclic) bond motifs is 1. The monoisotopic (exact) mass is 457 g/mol. The summed E-state index contributed by atoms with van der Waals surface area (Å²) in [5.74, 6) is -2.65. The van der Waals surface area contributed by atoms with E-state index in [0.717, 1.165) is 11.1 Å². The Morgan fingerprint density at radius 1 is 1.24 bits per heavy atom. The molecule has 1 unspecified atom stereocenters. The maximum absolute atomic E-state index is 12.1. The quantitative estimate of drug-likeness (QED) is 0.446. The SMILES string of the molecule is CCn1ncc2c(NC3CCC(C(=O)O)CC3)c(C3=NOC(CC(N)=O)(C(N)=O)C3)cnc21. The number of nitrogens with one attached hydrogen (secondary N) is 1. The lowest BCUT2D eigenvalue weighted by Crippen LogP contribution is -2.47. The number of pyridine rings is 1. The number of nitrogens with zero attached hydrogens (tertiary/aromatic N) is 4. The third-order valence-electron chi connectivity index (χ3n) is 6.39. The van der Waals surface area contributed by atoms with Gasteiger partial charge in [-0.15, -0.1) is 0 Å². The molecule has 12 heteroatoms. The molecule has 0 bridgehead atoms. The molecule has 33 heavy (non-hydrogen) atoms. The van der Waals surface area contributed by atoms with E-state index in [1.165, 1.54) is 0 Å². The Labute approximate surface area is 189 Å². The van der Waals surface area contributed by atoms with Crippen LogP contribution in [0.15, 0.2) is 17.5 Å². The number of aromatic nitrogens is 3. The summed E-state index contributed by atoms with van der Waals surface area (Å²) in [6, 6.07) is 0.0457. The molecule has 0 saturated heterocycles. The first-order valence-corrected chi connectivity index (χ1v) is 10.9. The highest BCUT2D eigenvalue weighted by Gasteiger charge is 2.47. The van der Waals surface area contributed by atoms with E-state index in [4.69, 9.17) is 16.3 Å². The molecule has 0 aromatic carbocycles. The Balaban J connectivity index is 1.68. The van der Waals surface area contributed by atoms with Crippen LogP contribution in [0.2, 0.25) is 0 Å². The number of carboxylic acid groups (broad SMARTS) is 1. The fraction of sp³-hybridized carbons (Fsp3) is 0.524. The Bertz CT molecular complexity index is 1140. The van der Waals surface area contributed by atoms with Gasteiger partial charge in [-0.1, -0.05) is 5.16 Å². The highest BCUT2D eigenvalue weighted by Crippen LogP contribution is 2.36. The molecule has 2 amide bonds. The van der Waals surface area contributed by atoms with Gasteiger partial charge in [0.25, 0.3) is 5.91 Å². The number of primary amides is 2. The largest absolute Gasteiger partial charge is 0.481 e. The third-order valence-corrected chi connectivity index (χ3v) is 6.39. The number of anilines is 1. The van der Waals surface area contributed by atoms with E-state index in [0.29, 0.717) is 49.2 Å². The molecule has 1 aliphatic carbocycles. The van der Waals surface area contributed by atoms with Gasteiger partial charge in [0.05, 0.1) is 35.3 Å². The number of rotatable bonds is 8. The highest BCUT2D eigenvalue weighted by atomic mass is 16.7. The van der Waals surface area contributed by atoms with Crippen LogP contribution in [0.3, 0.4) is 0 Å². The van der Waals surface area contributed by atoms with Gasteiger partial charge in [-0.25, -0.2) is 9.67 Å². The fourth-order valence-electron chi connectivity index (χ4n) is 4.54. The molecule has 3 heterocycles. The van der Waals surface area contributed by atoms with E-state index in [-0.39, 0.29) is 24.8 Å². The summed E-state index contributed by atoms with van der Waals surface area (Å²) < 4.78 is 1.76. The van der Waals surface area contributed by atoms with Crippen LogP contribution in [0.25, 0.3) is 11.0 Å². The van der Waals surface area contributed by atoms with E-state index < -0.39 is 23.4 Å². The lowest BCUT2D eigenvalue weighted by Gasteiger charge is -2.28. The Morgan fingerprint density at radius 3 is 2.58 bits per heavy atom. The zero-order valence-electron chi connectivity index (χ0n) is 18.3. The van der Waals surface area contributed by atoms with Crippen LogP contribution < -0.4 is 16.8 Å². The number of carboxylic acids is 1. The second-order valence-corrected chi connectivity index (χ2v) is 8.58. The van der Waals surface area contributed by atoms with Crippen molar-refractivity contribution in [1.29, 1.82) is 0 Å². The Morgan fingerprint density at radius 2 is 1.97 bits per heavy atom. The van der Waals surface area contributed by atoms with E-state index in [9.17, 15) is 19.5 Å². The standard InChI is InChI=1S/C21H27N7O5/c1-2-28-18-14(10-25-28)17(26-12-5-3-11(4-6-12)19(30)31)13(9-24-18)15-7-21(20(23)32,33-27-15)8-16(22)29/h9-12H,2-8H2,1H3,(H2,22,29)(H2,23,32)(H,24,26)(H,30,31). The average molecular weight is 457 g/mol. The maximum atomic E-state index is 12.1. The van der Waals surface area contributed by atoms with Crippen LogP contribution in [0, 0.1) is 5.92 Å². The summed E-state index contributed by atoms with van der Waals surface area (Å²) in [6.07, 6.45) is 5.47. The molecular weight excluding hydrogens is 430 g/mol. The molecule has 1 aliphatic heterocycles. The van der Waals surface area contributed by atoms with Crippen molar-refractivity contribution in [2.24, 2.45) is 22.5 Å². The minimum Gasteiger partial charge on any atom is -0.481 e. The van der Waals surface area contributed by atoms with Crippen molar-refractivity contribution in [1.82, 2.24) is 14.8 Å². The molecule has 176 valence electrons. The third kappa shape index (κ3) is 4.20. The molecule has 1 fully saturated rings. The van der Waals surface area contributed by atoms with Crippen molar-refractivity contribution in [3.8, 4) is 0 Å². The first kappa shape index (κ1) is 22.5.